The van der Waals surface area contributed by atoms with Gasteiger partial charge >= 0.3 is 5.97 Å². The number of phenolic OH excluding ortho intramolecular Hbond substituents is 2. The van der Waals surface area contributed by atoms with Crippen molar-refractivity contribution >= 4 is 18.4 Å². The van der Waals surface area contributed by atoms with Gasteiger partial charge in [0.15, 0.2) is 11.5 Å². The fraction of sp³-hybridized carbons (Fsp3) is 0.562. The minimum absolute atomic E-state index is 0. The van der Waals surface area contributed by atoms with Crippen LogP contribution < -0.4 is 5.73 Å². The van der Waals surface area contributed by atoms with Gasteiger partial charge in [-0.05, 0) is 24.1 Å². The van der Waals surface area contributed by atoms with Crippen LogP contribution in [0.25, 0.3) is 0 Å². The van der Waals surface area contributed by atoms with Crippen molar-refractivity contribution in [3.63, 3.8) is 0 Å². The van der Waals surface area contributed by atoms with Crippen LogP contribution in [-0.4, -0.2) is 22.8 Å². The minimum atomic E-state index is -0.948. The van der Waals surface area contributed by atoms with E-state index in [0.717, 1.165) is 19.3 Å². The summed E-state index contributed by atoms with van der Waals surface area (Å²) >= 11 is 0. The standard InChI is InChI=1S/C16H25NO4.ClH/c1-2-3-4-5-6-7-10-21-16(20)15(17)12-8-9-13(18)14(19)11-12;/h8-9,11,15,18-19H,2-7,10,17H2,1H3;1H. The van der Waals surface area contributed by atoms with E-state index in [-0.39, 0.29) is 23.9 Å². The Bertz CT molecular complexity index is 454. The van der Waals surface area contributed by atoms with E-state index in [2.05, 4.69) is 6.92 Å². The van der Waals surface area contributed by atoms with Crippen molar-refractivity contribution in [2.24, 2.45) is 5.73 Å². The summed E-state index contributed by atoms with van der Waals surface area (Å²) in [5, 5.41) is 18.6. The van der Waals surface area contributed by atoms with Crippen molar-refractivity contribution in [1.29, 1.82) is 0 Å². The van der Waals surface area contributed by atoms with Gasteiger partial charge < -0.3 is 20.7 Å². The number of unbranched alkanes of at least 4 members (excludes halogenated alkanes) is 5. The second-order valence-electron chi connectivity index (χ2n) is 5.16. The van der Waals surface area contributed by atoms with Crippen LogP contribution in [0.4, 0.5) is 0 Å². The third kappa shape index (κ3) is 7.00. The molecule has 0 saturated heterocycles. The number of phenols is 2. The molecule has 0 saturated carbocycles. The highest BCUT2D eigenvalue weighted by Crippen LogP contribution is 2.27. The number of nitrogens with two attached hydrogens (primary N) is 1. The molecule has 0 amide bonds. The normalized spacial score (nSPS) is 11.5. The van der Waals surface area contributed by atoms with Crippen molar-refractivity contribution in [3.05, 3.63) is 23.8 Å². The van der Waals surface area contributed by atoms with Crippen LogP contribution in [0.5, 0.6) is 11.5 Å². The molecule has 1 aromatic carbocycles. The van der Waals surface area contributed by atoms with Gasteiger partial charge in [-0.1, -0.05) is 45.1 Å². The van der Waals surface area contributed by atoms with E-state index < -0.39 is 12.0 Å². The molecule has 0 aromatic heterocycles. The largest absolute Gasteiger partial charge is 0.504 e. The van der Waals surface area contributed by atoms with E-state index in [1.807, 2.05) is 0 Å². The first-order valence-electron chi connectivity index (χ1n) is 7.50. The Balaban J connectivity index is 0.00000441. The highest BCUT2D eigenvalue weighted by atomic mass is 35.5. The van der Waals surface area contributed by atoms with Crippen molar-refractivity contribution in [2.75, 3.05) is 6.61 Å². The monoisotopic (exact) mass is 331 g/mol. The van der Waals surface area contributed by atoms with E-state index in [4.69, 9.17) is 10.5 Å². The molecular formula is C16H26ClNO4. The zero-order chi connectivity index (χ0) is 15.7. The summed E-state index contributed by atoms with van der Waals surface area (Å²) in [6, 6.07) is 3.11. The first-order chi connectivity index (χ1) is 10.1. The molecule has 0 fully saturated rings. The SMILES string of the molecule is CCCCCCCCOC(=O)C(N)c1ccc(O)c(O)c1.Cl. The Hall–Kier alpha value is -1.46. The summed E-state index contributed by atoms with van der Waals surface area (Å²) in [5.74, 6) is -1.06. The summed E-state index contributed by atoms with van der Waals surface area (Å²) < 4.78 is 5.13. The van der Waals surface area contributed by atoms with E-state index in [1.165, 1.54) is 37.5 Å². The Morgan fingerprint density at radius 1 is 1.14 bits per heavy atom. The summed E-state index contributed by atoms with van der Waals surface area (Å²) in [6.45, 7) is 2.53. The number of ether oxygens (including phenoxy) is 1. The van der Waals surface area contributed by atoms with Gasteiger partial charge in [-0.25, -0.2) is 4.79 Å². The van der Waals surface area contributed by atoms with Crippen LogP contribution >= 0.6 is 12.4 Å². The summed E-state index contributed by atoms with van der Waals surface area (Å²) in [6.07, 6.45) is 6.71. The smallest absolute Gasteiger partial charge is 0.327 e. The lowest BCUT2D eigenvalue weighted by Crippen LogP contribution is -2.24. The molecule has 0 aliphatic heterocycles. The van der Waals surface area contributed by atoms with Crippen molar-refractivity contribution in [2.45, 2.75) is 51.5 Å². The average Bonchev–Trinajstić information content (AvgIpc) is 2.48. The summed E-state index contributed by atoms with van der Waals surface area (Å²) in [5.41, 5.74) is 6.19. The molecule has 1 unspecified atom stereocenters. The molecule has 0 aliphatic rings. The molecule has 1 aromatic rings. The predicted molar refractivity (Wildman–Crippen MR) is 88.3 cm³/mol. The lowest BCUT2D eigenvalue weighted by atomic mass is 10.1. The molecule has 1 rings (SSSR count). The van der Waals surface area contributed by atoms with Crippen LogP contribution in [0.2, 0.25) is 0 Å². The number of hydrogen-bond donors (Lipinski definition) is 3. The lowest BCUT2D eigenvalue weighted by Gasteiger charge is -2.12. The molecule has 6 heteroatoms. The number of carbonyl (C=O) groups excluding carboxylic acids is 1. The van der Waals surface area contributed by atoms with Gasteiger partial charge in [0.05, 0.1) is 6.61 Å². The van der Waals surface area contributed by atoms with Gasteiger partial charge in [0.1, 0.15) is 6.04 Å². The highest BCUT2D eigenvalue weighted by Gasteiger charge is 2.18. The maximum atomic E-state index is 11.8. The number of carbonyl (C=O) groups is 1. The van der Waals surface area contributed by atoms with Crippen molar-refractivity contribution in [3.8, 4) is 11.5 Å². The van der Waals surface area contributed by atoms with Crippen molar-refractivity contribution in [1.82, 2.24) is 0 Å². The average molecular weight is 332 g/mol. The highest BCUT2D eigenvalue weighted by molar-refractivity contribution is 5.85. The quantitative estimate of drug-likeness (QED) is 0.366. The van der Waals surface area contributed by atoms with Crippen LogP contribution in [0.1, 0.15) is 57.1 Å². The van der Waals surface area contributed by atoms with Gasteiger partial charge in [-0.2, -0.15) is 0 Å². The first kappa shape index (κ1) is 20.5. The minimum Gasteiger partial charge on any atom is -0.504 e. The number of esters is 1. The first-order valence-corrected chi connectivity index (χ1v) is 7.50. The van der Waals surface area contributed by atoms with Gasteiger partial charge in [0.2, 0.25) is 0 Å². The molecular weight excluding hydrogens is 306 g/mol. The maximum Gasteiger partial charge on any atom is 0.327 e. The third-order valence-electron chi connectivity index (χ3n) is 3.35. The topological polar surface area (TPSA) is 92.8 Å². The lowest BCUT2D eigenvalue weighted by molar-refractivity contribution is -0.145. The second-order valence-corrected chi connectivity index (χ2v) is 5.16. The zero-order valence-electron chi connectivity index (χ0n) is 13.0. The predicted octanol–water partition coefficient (Wildman–Crippen LogP) is 3.42. The number of benzene rings is 1. The van der Waals surface area contributed by atoms with E-state index in [1.54, 1.807) is 0 Å². The van der Waals surface area contributed by atoms with Crippen LogP contribution in [0, 0.1) is 0 Å². The Morgan fingerprint density at radius 2 is 1.77 bits per heavy atom. The zero-order valence-corrected chi connectivity index (χ0v) is 13.8. The van der Waals surface area contributed by atoms with Crippen molar-refractivity contribution < 1.29 is 19.7 Å². The molecule has 0 bridgehead atoms. The van der Waals surface area contributed by atoms with Gasteiger partial charge in [0.25, 0.3) is 0 Å². The number of hydrogen-bond acceptors (Lipinski definition) is 5. The molecule has 5 nitrogen and oxygen atoms in total. The molecule has 1 atom stereocenters. The Morgan fingerprint density at radius 3 is 2.41 bits per heavy atom. The second kappa shape index (κ2) is 11.2. The molecule has 0 aliphatic carbocycles. The fourth-order valence-corrected chi connectivity index (χ4v) is 2.01. The maximum absolute atomic E-state index is 11.8. The Labute approximate surface area is 137 Å². The third-order valence-corrected chi connectivity index (χ3v) is 3.35. The number of rotatable bonds is 9. The summed E-state index contributed by atoms with van der Waals surface area (Å²) in [4.78, 5) is 11.8. The number of halogens is 1. The van der Waals surface area contributed by atoms with E-state index in [9.17, 15) is 15.0 Å². The Kier molecular flexibility index (Phi) is 10.4. The number of aromatic hydroxyl groups is 2. The molecule has 0 heterocycles. The fourth-order valence-electron chi connectivity index (χ4n) is 2.01. The van der Waals surface area contributed by atoms with Crippen LogP contribution in [0.3, 0.4) is 0 Å². The van der Waals surface area contributed by atoms with Gasteiger partial charge in [-0.15, -0.1) is 12.4 Å². The van der Waals surface area contributed by atoms with E-state index in [0.29, 0.717) is 12.2 Å². The molecule has 0 spiro atoms. The molecule has 126 valence electrons. The van der Waals surface area contributed by atoms with Crippen LogP contribution in [-0.2, 0) is 9.53 Å². The van der Waals surface area contributed by atoms with Gasteiger partial charge in [0, 0.05) is 0 Å². The summed E-state index contributed by atoms with van der Waals surface area (Å²) in [7, 11) is 0. The molecule has 4 N–H and O–H groups in total. The van der Waals surface area contributed by atoms with E-state index >= 15 is 0 Å². The molecule has 22 heavy (non-hydrogen) atoms. The van der Waals surface area contributed by atoms with Crippen LogP contribution in [0.15, 0.2) is 18.2 Å². The van der Waals surface area contributed by atoms with Gasteiger partial charge in [-0.3, -0.25) is 0 Å². The molecule has 0 radical (unpaired) electrons.